The van der Waals surface area contributed by atoms with Crippen molar-refractivity contribution in [3.05, 3.63) is 64.7 Å². The fraction of sp³-hybridized carbons (Fsp3) is 0.294. The smallest absolute Gasteiger partial charge is 0.159 e. The third-order valence-electron chi connectivity index (χ3n) is 3.92. The molecule has 3 rings (SSSR count). The Hall–Kier alpha value is -1.94. The van der Waals surface area contributed by atoms with Crippen molar-refractivity contribution >= 4 is 0 Å². The number of aryl methyl sites for hydroxylation is 1. The Morgan fingerprint density at radius 3 is 2.62 bits per heavy atom. The highest BCUT2D eigenvalue weighted by Crippen LogP contribution is 2.41. The monoisotopic (exact) mass is 289 g/mol. The maximum atomic E-state index is 13.4. The number of nitrogens with one attached hydrogen (secondary N) is 1. The van der Waals surface area contributed by atoms with Gasteiger partial charge in [0.25, 0.3) is 0 Å². The minimum atomic E-state index is -0.841. The number of halogens is 2. The Morgan fingerprint density at radius 1 is 1.10 bits per heavy atom. The molecule has 21 heavy (non-hydrogen) atoms. The minimum absolute atomic E-state index is 0.131. The van der Waals surface area contributed by atoms with Crippen LogP contribution >= 0.6 is 0 Å². The number of rotatable bonds is 2. The lowest BCUT2D eigenvalue weighted by molar-refractivity contribution is 0.153. The Balaban J connectivity index is 1.96. The second-order valence-electron chi connectivity index (χ2n) is 5.40. The summed E-state index contributed by atoms with van der Waals surface area (Å²) < 4.78 is 32.5. The first-order valence-corrected chi connectivity index (χ1v) is 6.98. The number of benzene rings is 2. The lowest BCUT2D eigenvalue weighted by Crippen LogP contribution is -2.27. The van der Waals surface area contributed by atoms with Gasteiger partial charge in [-0.2, -0.15) is 0 Å². The molecule has 2 aromatic rings. The van der Waals surface area contributed by atoms with Gasteiger partial charge in [0.2, 0.25) is 0 Å². The minimum Gasteiger partial charge on any atom is -0.485 e. The van der Waals surface area contributed by atoms with Gasteiger partial charge in [-0.15, -0.1) is 0 Å². The third-order valence-corrected chi connectivity index (χ3v) is 3.92. The zero-order valence-electron chi connectivity index (χ0n) is 12.0. The van der Waals surface area contributed by atoms with Gasteiger partial charge < -0.3 is 10.1 Å². The molecule has 0 saturated carbocycles. The van der Waals surface area contributed by atoms with E-state index in [0.29, 0.717) is 12.0 Å². The summed E-state index contributed by atoms with van der Waals surface area (Å²) in [5.74, 6) is -0.886. The second kappa shape index (κ2) is 5.45. The maximum absolute atomic E-state index is 13.4. The van der Waals surface area contributed by atoms with E-state index in [1.807, 2.05) is 26.1 Å². The summed E-state index contributed by atoms with van der Waals surface area (Å²) in [6, 6.07) is 10.1. The molecule has 2 atom stereocenters. The molecule has 2 aromatic carbocycles. The van der Waals surface area contributed by atoms with Crippen LogP contribution in [0, 0.1) is 18.6 Å². The molecule has 1 aliphatic heterocycles. The van der Waals surface area contributed by atoms with E-state index in [4.69, 9.17) is 4.74 Å². The SMILES string of the molecule is CNC1CC(c2ccc(F)c(F)c2)Oc2ccc(C)cc21. The van der Waals surface area contributed by atoms with Crippen molar-refractivity contribution in [2.75, 3.05) is 7.05 Å². The van der Waals surface area contributed by atoms with Crippen LogP contribution in [0.4, 0.5) is 8.78 Å². The summed E-state index contributed by atoms with van der Waals surface area (Å²) in [6.45, 7) is 2.04. The molecule has 2 nitrogen and oxygen atoms in total. The lowest BCUT2D eigenvalue weighted by Gasteiger charge is -2.32. The summed E-state index contributed by atoms with van der Waals surface area (Å²) in [4.78, 5) is 0. The van der Waals surface area contributed by atoms with Crippen molar-refractivity contribution in [1.82, 2.24) is 5.32 Å². The first-order valence-electron chi connectivity index (χ1n) is 6.98. The molecule has 0 spiro atoms. The summed E-state index contributed by atoms with van der Waals surface area (Å²) in [5.41, 5.74) is 2.93. The van der Waals surface area contributed by atoms with Gasteiger partial charge in [-0.1, -0.05) is 23.8 Å². The Kier molecular flexibility index (Phi) is 3.64. The molecule has 4 heteroatoms. The molecule has 0 saturated heterocycles. The number of ether oxygens (including phenoxy) is 1. The predicted octanol–water partition coefficient (Wildman–Crippen LogP) is 4.06. The van der Waals surface area contributed by atoms with Gasteiger partial charge in [0.05, 0.1) is 0 Å². The van der Waals surface area contributed by atoms with E-state index in [2.05, 4.69) is 11.4 Å². The number of hydrogen-bond acceptors (Lipinski definition) is 2. The Bertz CT molecular complexity index is 672. The van der Waals surface area contributed by atoms with E-state index < -0.39 is 11.6 Å². The summed E-state index contributed by atoms with van der Waals surface area (Å²) >= 11 is 0. The molecule has 0 fully saturated rings. The van der Waals surface area contributed by atoms with Gasteiger partial charge in [0.1, 0.15) is 11.9 Å². The van der Waals surface area contributed by atoms with Crippen LogP contribution in [-0.4, -0.2) is 7.05 Å². The first-order chi connectivity index (χ1) is 10.1. The third kappa shape index (κ3) is 2.63. The van der Waals surface area contributed by atoms with Crippen molar-refractivity contribution in [3.63, 3.8) is 0 Å². The van der Waals surface area contributed by atoms with Crippen molar-refractivity contribution < 1.29 is 13.5 Å². The molecule has 110 valence electrons. The molecule has 1 heterocycles. The summed E-state index contributed by atoms with van der Waals surface area (Å²) in [5, 5.41) is 3.27. The quantitative estimate of drug-likeness (QED) is 0.900. The van der Waals surface area contributed by atoms with Crippen LogP contribution in [0.2, 0.25) is 0 Å². The largest absolute Gasteiger partial charge is 0.485 e. The molecular weight excluding hydrogens is 272 g/mol. The molecule has 0 aromatic heterocycles. The standard InChI is InChI=1S/C17H17F2NO/c1-10-3-6-16-12(7-10)15(20-2)9-17(21-16)11-4-5-13(18)14(19)8-11/h3-8,15,17,20H,9H2,1-2H3. The highest BCUT2D eigenvalue weighted by molar-refractivity contribution is 5.42. The van der Waals surface area contributed by atoms with E-state index in [-0.39, 0.29) is 12.1 Å². The fourth-order valence-electron chi connectivity index (χ4n) is 2.78. The van der Waals surface area contributed by atoms with Crippen molar-refractivity contribution in [3.8, 4) is 5.75 Å². The van der Waals surface area contributed by atoms with Crippen LogP contribution in [0.25, 0.3) is 0 Å². The molecule has 0 bridgehead atoms. The fourth-order valence-corrected chi connectivity index (χ4v) is 2.78. The van der Waals surface area contributed by atoms with Crippen molar-refractivity contribution in [2.45, 2.75) is 25.5 Å². The number of hydrogen-bond donors (Lipinski definition) is 1. The van der Waals surface area contributed by atoms with E-state index >= 15 is 0 Å². The van der Waals surface area contributed by atoms with Gasteiger partial charge in [0, 0.05) is 18.0 Å². The Labute approximate surface area is 122 Å². The Morgan fingerprint density at radius 2 is 1.90 bits per heavy atom. The molecule has 1 aliphatic rings. The number of fused-ring (bicyclic) bond motifs is 1. The van der Waals surface area contributed by atoms with E-state index in [1.165, 1.54) is 11.6 Å². The topological polar surface area (TPSA) is 21.3 Å². The molecule has 2 unspecified atom stereocenters. The highest BCUT2D eigenvalue weighted by atomic mass is 19.2. The molecule has 0 aliphatic carbocycles. The van der Waals surface area contributed by atoms with E-state index in [0.717, 1.165) is 17.4 Å². The van der Waals surface area contributed by atoms with Crippen LogP contribution in [0.3, 0.4) is 0 Å². The molecule has 0 radical (unpaired) electrons. The van der Waals surface area contributed by atoms with Gasteiger partial charge >= 0.3 is 0 Å². The van der Waals surface area contributed by atoms with Gasteiger partial charge in [-0.05, 0) is 37.7 Å². The first kappa shape index (κ1) is 14.0. The predicted molar refractivity (Wildman–Crippen MR) is 77.3 cm³/mol. The second-order valence-corrected chi connectivity index (χ2v) is 5.40. The van der Waals surface area contributed by atoms with Gasteiger partial charge in [-0.25, -0.2) is 8.78 Å². The van der Waals surface area contributed by atoms with Gasteiger partial charge in [-0.3, -0.25) is 0 Å². The summed E-state index contributed by atoms with van der Waals surface area (Å²) in [6.07, 6.45) is 0.394. The summed E-state index contributed by atoms with van der Waals surface area (Å²) in [7, 11) is 1.89. The molecule has 1 N–H and O–H groups in total. The van der Waals surface area contributed by atoms with Crippen LogP contribution < -0.4 is 10.1 Å². The van der Waals surface area contributed by atoms with Crippen LogP contribution in [0.1, 0.15) is 35.3 Å². The van der Waals surface area contributed by atoms with E-state index in [9.17, 15) is 8.78 Å². The van der Waals surface area contributed by atoms with Crippen molar-refractivity contribution in [2.24, 2.45) is 0 Å². The van der Waals surface area contributed by atoms with Gasteiger partial charge in [0.15, 0.2) is 11.6 Å². The average molecular weight is 289 g/mol. The highest BCUT2D eigenvalue weighted by Gasteiger charge is 2.28. The van der Waals surface area contributed by atoms with Crippen LogP contribution in [0.5, 0.6) is 5.75 Å². The lowest BCUT2D eigenvalue weighted by atomic mass is 9.92. The average Bonchev–Trinajstić information content (AvgIpc) is 2.49. The van der Waals surface area contributed by atoms with Crippen molar-refractivity contribution in [1.29, 1.82) is 0 Å². The maximum Gasteiger partial charge on any atom is 0.159 e. The van der Waals surface area contributed by atoms with Crippen LogP contribution in [-0.2, 0) is 0 Å². The van der Waals surface area contributed by atoms with Crippen LogP contribution in [0.15, 0.2) is 36.4 Å². The zero-order chi connectivity index (χ0) is 15.0. The van der Waals surface area contributed by atoms with E-state index in [1.54, 1.807) is 6.07 Å². The molecule has 0 amide bonds. The molecular formula is C17H17F2NO. The zero-order valence-corrected chi connectivity index (χ0v) is 12.0. The normalized spacial score (nSPS) is 20.8.